The zero-order chi connectivity index (χ0) is 13.8. The summed E-state index contributed by atoms with van der Waals surface area (Å²) in [4.78, 5) is 0. The van der Waals surface area contributed by atoms with Gasteiger partial charge in [-0.1, -0.05) is 33.6 Å². The molecule has 0 saturated heterocycles. The van der Waals surface area contributed by atoms with E-state index in [1.165, 1.54) is 12.8 Å². The number of hydrogen-bond donors (Lipinski definition) is 1. The van der Waals surface area contributed by atoms with E-state index in [4.69, 9.17) is 4.74 Å². The highest BCUT2D eigenvalue weighted by Crippen LogP contribution is 2.10. The van der Waals surface area contributed by atoms with Crippen molar-refractivity contribution >= 4 is 0 Å². The molecule has 0 amide bonds. The zero-order valence-electron chi connectivity index (χ0n) is 12.1. The highest BCUT2D eigenvalue weighted by molar-refractivity contribution is 4.67. The second-order valence-corrected chi connectivity index (χ2v) is 5.23. The molecule has 0 radical (unpaired) electrons. The first kappa shape index (κ1) is 17.8. The van der Waals surface area contributed by atoms with E-state index in [1.54, 1.807) is 0 Å². The number of nitrogens with one attached hydrogen (secondary N) is 1. The Morgan fingerprint density at radius 2 is 1.83 bits per heavy atom. The standard InChI is InChI=1S/C14H29F2NO/c1-4-9-17-13(7-5-6-12(2)3)8-10-18-11-14(15)16/h12-14,17H,4-11H2,1-3H3. The first-order valence-corrected chi connectivity index (χ1v) is 7.15. The van der Waals surface area contributed by atoms with Gasteiger partial charge in [-0.2, -0.15) is 0 Å². The van der Waals surface area contributed by atoms with Gasteiger partial charge in [0.05, 0.1) is 0 Å². The fourth-order valence-electron chi connectivity index (χ4n) is 1.87. The van der Waals surface area contributed by atoms with Gasteiger partial charge >= 0.3 is 0 Å². The van der Waals surface area contributed by atoms with Crippen molar-refractivity contribution < 1.29 is 13.5 Å². The maximum absolute atomic E-state index is 11.9. The lowest BCUT2D eigenvalue weighted by Gasteiger charge is -2.19. The Hall–Kier alpha value is -0.220. The topological polar surface area (TPSA) is 21.3 Å². The summed E-state index contributed by atoms with van der Waals surface area (Å²) in [5.41, 5.74) is 0. The van der Waals surface area contributed by atoms with Crippen LogP contribution in [0.25, 0.3) is 0 Å². The second kappa shape index (κ2) is 11.8. The summed E-state index contributed by atoms with van der Waals surface area (Å²) in [7, 11) is 0. The van der Waals surface area contributed by atoms with Crippen molar-refractivity contribution in [2.45, 2.75) is 65.3 Å². The van der Waals surface area contributed by atoms with Crippen LogP contribution in [0.15, 0.2) is 0 Å². The first-order valence-electron chi connectivity index (χ1n) is 7.15. The molecule has 0 aliphatic rings. The SMILES string of the molecule is CCCNC(CCCC(C)C)CCOCC(F)F. The molecule has 0 saturated carbocycles. The molecule has 0 spiro atoms. The highest BCUT2D eigenvalue weighted by atomic mass is 19.3. The molecular formula is C14H29F2NO. The summed E-state index contributed by atoms with van der Waals surface area (Å²) >= 11 is 0. The van der Waals surface area contributed by atoms with Crippen molar-refractivity contribution in [2.75, 3.05) is 19.8 Å². The van der Waals surface area contributed by atoms with E-state index < -0.39 is 13.0 Å². The van der Waals surface area contributed by atoms with Crippen molar-refractivity contribution in [1.82, 2.24) is 5.32 Å². The van der Waals surface area contributed by atoms with Crippen LogP contribution in [0.4, 0.5) is 8.78 Å². The molecule has 110 valence electrons. The van der Waals surface area contributed by atoms with Gasteiger partial charge in [-0.15, -0.1) is 0 Å². The van der Waals surface area contributed by atoms with Gasteiger partial charge in [0.1, 0.15) is 6.61 Å². The molecule has 1 atom stereocenters. The highest BCUT2D eigenvalue weighted by Gasteiger charge is 2.09. The van der Waals surface area contributed by atoms with Crippen LogP contribution in [0.5, 0.6) is 0 Å². The quantitative estimate of drug-likeness (QED) is 0.541. The van der Waals surface area contributed by atoms with Crippen LogP contribution in [0, 0.1) is 5.92 Å². The van der Waals surface area contributed by atoms with E-state index in [9.17, 15) is 8.78 Å². The number of rotatable bonds is 12. The molecule has 0 aromatic carbocycles. The normalized spacial score (nSPS) is 13.5. The van der Waals surface area contributed by atoms with E-state index in [-0.39, 0.29) is 0 Å². The number of alkyl halides is 2. The monoisotopic (exact) mass is 265 g/mol. The lowest BCUT2D eigenvalue weighted by Crippen LogP contribution is -2.31. The average Bonchev–Trinajstić information content (AvgIpc) is 2.29. The van der Waals surface area contributed by atoms with E-state index in [0.29, 0.717) is 12.6 Å². The van der Waals surface area contributed by atoms with Crippen LogP contribution in [-0.2, 0) is 4.74 Å². The molecule has 1 unspecified atom stereocenters. The van der Waals surface area contributed by atoms with Gasteiger partial charge in [0.25, 0.3) is 6.43 Å². The summed E-state index contributed by atoms with van der Waals surface area (Å²) in [6.45, 7) is 7.55. The molecule has 4 heteroatoms. The predicted octanol–water partition coefficient (Wildman–Crippen LogP) is 3.85. The molecular weight excluding hydrogens is 236 g/mol. The van der Waals surface area contributed by atoms with Crippen LogP contribution in [0.1, 0.15) is 52.9 Å². The third kappa shape index (κ3) is 12.2. The minimum absolute atomic E-state index is 0.404. The summed E-state index contributed by atoms with van der Waals surface area (Å²) < 4.78 is 28.8. The molecule has 0 aliphatic carbocycles. The second-order valence-electron chi connectivity index (χ2n) is 5.23. The maximum atomic E-state index is 11.9. The van der Waals surface area contributed by atoms with E-state index in [2.05, 4.69) is 26.1 Å². The lowest BCUT2D eigenvalue weighted by atomic mass is 10.0. The molecule has 0 bridgehead atoms. The van der Waals surface area contributed by atoms with Crippen molar-refractivity contribution in [2.24, 2.45) is 5.92 Å². The summed E-state index contributed by atoms with van der Waals surface area (Å²) in [6, 6.07) is 0.404. The van der Waals surface area contributed by atoms with Gasteiger partial charge in [0.2, 0.25) is 0 Å². The smallest absolute Gasteiger partial charge is 0.261 e. The largest absolute Gasteiger partial charge is 0.375 e. The molecule has 18 heavy (non-hydrogen) atoms. The molecule has 0 aromatic rings. The molecule has 0 fully saturated rings. The lowest BCUT2D eigenvalue weighted by molar-refractivity contribution is 0.0141. The van der Waals surface area contributed by atoms with E-state index >= 15 is 0 Å². The van der Waals surface area contributed by atoms with Gasteiger partial charge < -0.3 is 10.1 Å². The number of halogens is 2. The fraction of sp³-hybridized carbons (Fsp3) is 1.00. The zero-order valence-corrected chi connectivity index (χ0v) is 12.1. The summed E-state index contributed by atoms with van der Waals surface area (Å²) in [5, 5.41) is 3.46. The van der Waals surface area contributed by atoms with Gasteiger partial charge in [-0.25, -0.2) is 8.78 Å². The van der Waals surface area contributed by atoms with Crippen molar-refractivity contribution in [3.63, 3.8) is 0 Å². The molecule has 0 rings (SSSR count). The van der Waals surface area contributed by atoms with Crippen LogP contribution in [0.2, 0.25) is 0 Å². The van der Waals surface area contributed by atoms with Crippen LogP contribution >= 0.6 is 0 Å². The van der Waals surface area contributed by atoms with Crippen molar-refractivity contribution in [1.29, 1.82) is 0 Å². The summed E-state index contributed by atoms with van der Waals surface area (Å²) in [6.07, 6.45) is 3.09. The molecule has 0 aliphatic heterocycles. The average molecular weight is 265 g/mol. The van der Waals surface area contributed by atoms with Crippen LogP contribution in [0.3, 0.4) is 0 Å². The maximum Gasteiger partial charge on any atom is 0.261 e. The molecule has 2 nitrogen and oxygen atoms in total. The van der Waals surface area contributed by atoms with E-state index in [0.717, 1.165) is 31.7 Å². The molecule has 1 N–H and O–H groups in total. The van der Waals surface area contributed by atoms with Gasteiger partial charge in [0.15, 0.2) is 0 Å². The van der Waals surface area contributed by atoms with Gasteiger partial charge in [-0.3, -0.25) is 0 Å². The minimum Gasteiger partial charge on any atom is -0.375 e. The fourth-order valence-corrected chi connectivity index (χ4v) is 1.87. The molecule has 0 heterocycles. The Kier molecular flexibility index (Phi) is 11.7. The predicted molar refractivity (Wildman–Crippen MR) is 72.2 cm³/mol. The third-order valence-electron chi connectivity index (χ3n) is 2.87. The Balaban J connectivity index is 3.69. The Labute approximate surface area is 110 Å². The number of ether oxygens (including phenoxy) is 1. The van der Waals surface area contributed by atoms with Crippen molar-refractivity contribution in [3.8, 4) is 0 Å². The Morgan fingerprint density at radius 3 is 2.39 bits per heavy atom. The summed E-state index contributed by atoms with van der Waals surface area (Å²) in [5.74, 6) is 0.729. The van der Waals surface area contributed by atoms with Crippen molar-refractivity contribution in [3.05, 3.63) is 0 Å². The Morgan fingerprint density at radius 1 is 1.11 bits per heavy atom. The molecule has 0 aromatic heterocycles. The van der Waals surface area contributed by atoms with Gasteiger partial charge in [-0.05, 0) is 31.7 Å². The van der Waals surface area contributed by atoms with E-state index in [1.807, 2.05) is 0 Å². The van der Waals surface area contributed by atoms with Crippen LogP contribution < -0.4 is 5.32 Å². The first-order chi connectivity index (χ1) is 8.56. The Bertz CT molecular complexity index is 177. The van der Waals surface area contributed by atoms with Crippen LogP contribution in [-0.4, -0.2) is 32.2 Å². The van der Waals surface area contributed by atoms with Gasteiger partial charge in [0, 0.05) is 12.6 Å². The minimum atomic E-state index is -2.35. The number of hydrogen-bond acceptors (Lipinski definition) is 2. The third-order valence-corrected chi connectivity index (χ3v) is 2.87.